The maximum absolute atomic E-state index is 12.6. The first-order valence-corrected chi connectivity index (χ1v) is 14.1. The Bertz CT molecular complexity index is 1420. The van der Waals surface area contributed by atoms with Gasteiger partial charge < -0.3 is 14.6 Å². The van der Waals surface area contributed by atoms with Gasteiger partial charge in [-0.3, -0.25) is 19.7 Å². The number of carbonyl (C=O) groups excluding carboxylic acids is 3. The van der Waals surface area contributed by atoms with Crippen molar-refractivity contribution in [3.05, 3.63) is 49.1 Å². The first kappa shape index (κ1) is 26.0. The van der Waals surface area contributed by atoms with Crippen LogP contribution in [0.5, 0.6) is 0 Å². The van der Waals surface area contributed by atoms with Crippen LogP contribution in [0.2, 0.25) is 0 Å². The van der Waals surface area contributed by atoms with E-state index < -0.39 is 16.8 Å². The van der Waals surface area contributed by atoms with E-state index in [2.05, 4.69) is 10.3 Å². The van der Waals surface area contributed by atoms with E-state index in [0.717, 1.165) is 53.4 Å². The number of hydrogen-bond acceptors (Lipinski definition) is 9. The zero-order valence-electron chi connectivity index (χ0n) is 19.7. The molecule has 36 heavy (non-hydrogen) atoms. The van der Waals surface area contributed by atoms with Crippen molar-refractivity contribution < 1.29 is 24.0 Å². The minimum absolute atomic E-state index is 0.00646. The van der Waals surface area contributed by atoms with Crippen molar-refractivity contribution in [3.63, 3.8) is 0 Å². The molecule has 4 rings (SSSR count). The summed E-state index contributed by atoms with van der Waals surface area (Å²) < 4.78 is 7.57. The van der Waals surface area contributed by atoms with E-state index in [1.54, 1.807) is 24.6 Å². The lowest BCUT2D eigenvalue weighted by atomic mass is 9.95. The number of nitro groups is 1. The first-order chi connectivity index (χ1) is 17.3. The van der Waals surface area contributed by atoms with Crippen LogP contribution in [-0.2, 0) is 34.2 Å². The number of rotatable bonds is 8. The van der Waals surface area contributed by atoms with Gasteiger partial charge in [0.05, 0.1) is 38.8 Å². The summed E-state index contributed by atoms with van der Waals surface area (Å²) in [6.07, 6.45) is 3.73. The highest BCUT2D eigenvalue weighted by Crippen LogP contribution is 2.38. The number of nitrogens with one attached hydrogen (secondary N) is 1. The Morgan fingerprint density at radius 2 is 2.00 bits per heavy atom. The number of thiophene rings is 1. The molecular formula is C23H24N4O6S3. The Morgan fingerprint density at radius 3 is 2.75 bits per heavy atom. The molecule has 0 unspecified atom stereocenters. The molecule has 0 radical (unpaired) electrons. The van der Waals surface area contributed by atoms with Crippen molar-refractivity contribution in [2.75, 3.05) is 23.4 Å². The zero-order chi connectivity index (χ0) is 25.8. The summed E-state index contributed by atoms with van der Waals surface area (Å²) in [6, 6.07) is 4.49. The number of thioether (sulfide) groups is 1. The fourth-order valence-electron chi connectivity index (χ4n) is 3.95. The number of aromatic nitrogens is 1. The van der Waals surface area contributed by atoms with E-state index in [4.69, 9.17) is 4.74 Å². The maximum Gasteiger partial charge on any atom is 0.341 e. The summed E-state index contributed by atoms with van der Waals surface area (Å²) >= 11 is 3.73. The van der Waals surface area contributed by atoms with E-state index in [0.29, 0.717) is 20.1 Å². The third kappa shape index (κ3) is 5.68. The summed E-state index contributed by atoms with van der Waals surface area (Å²) in [4.78, 5) is 53.7. The molecule has 0 spiro atoms. The summed E-state index contributed by atoms with van der Waals surface area (Å²) in [7, 11) is 1.74. The minimum atomic E-state index is -0.468. The molecule has 0 aliphatic heterocycles. The minimum Gasteiger partial charge on any atom is -0.462 e. The smallest absolute Gasteiger partial charge is 0.341 e. The van der Waals surface area contributed by atoms with E-state index in [-0.39, 0.29) is 29.7 Å². The molecule has 1 aliphatic rings. The molecule has 190 valence electrons. The lowest BCUT2D eigenvalue weighted by Gasteiger charge is -2.12. The van der Waals surface area contributed by atoms with Gasteiger partial charge in [0.25, 0.3) is 11.6 Å². The summed E-state index contributed by atoms with van der Waals surface area (Å²) in [5, 5.41) is 14.3. The molecule has 2 heterocycles. The SMILES string of the molecule is CCOC(=O)c1c(NC(=O)CSCC(=O)N=c2sc3cc([N+](=O)[O-])ccc3n2C)sc2c1CCCC2. The summed E-state index contributed by atoms with van der Waals surface area (Å²) in [5.74, 6) is -1.13. The molecule has 1 aliphatic carbocycles. The van der Waals surface area contributed by atoms with Crippen molar-refractivity contribution in [2.45, 2.75) is 32.6 Å². The number of thiazole rings is 1. The van der Waals surface area contributed by atoms with Crippen LogP contribution in [0.4, 0.5) is 10.7 Å². The highest BCUT2D eigenvalue weighted by molar-refractivity contribution is 8.00. The monoisotopic (exact) mass is 548 g/mol. The van der Waals surface area contributed by atoms with Crippen molar-refractivity contribution in [1.82, 2.24) is 4.57 Å². The van der Waals surface area contributed by atoms with Crippen LogP contribution in [0.15, 0.2) is 23.2 Å². The van der Waals surface area contributed by atoms with Gasteiger partial charge in [-0.1, -0.05) is 11.3 Å². The Balaban J connectivity index is 1.39. The van der Waals surface area contributed by atoms with E-state index in [9.17, 15) is 24.5 Å². The first-order valence-electron chi connectivity index (χ1n) is 11.3. The number of ether oxygens (including phenoxy) is 1. The Morgan fingerprint density at radius 1 is 1.22 bits per heavy atom. The van der Waals surface area contributed by atoms with Gasteiger partial charge in [-0.25, -0.2) is 4.79 Å². The number of nitrogens with zero attached hydrogens (tertiary/aromatic N) is 3. The fourth-order valence-corrected chi connectivity index (χ4v) is 6.91. The van der Waals surface area contributed by atoms with Gasteiger partial charge in [-0.15, -0.1) is 23.1 Å². The fraction of sp³-hybridized carbons (Fsp3) is 0.391. The second-order valence-corrected chi connectivity index (χ2v) is 11.1. The molecule has 1 aromatic carbocycles. The topological polar surface area (TPSA) is 133 Å². The standard InChI is InChI=1S/C23H24N4O6S3/c1-3-33-22(30)20-14-6-4-5-7-16(14)35-21(20)24-18(28)11-34-12-19(29)25-23-26(2)15-9-8-13(27(31)32)10-17(15)36-23/h8-10H,3-7,11-12H2,1-2H3,(H,24,28). The number of benzene rings is 1. The molecule has 1 N–H and O–H groups in total. The highest BCUT2D eigenvalue weighted by atomic mass is 32.2. The van der Waals surface area contributed by atoms with Gasteiger partial charge in [-0.05, 0) is 44.2 Å². The molecule has 2 aromatic heterocycles. The lowest BCUT2D eigenvalue weighted by molar-refractivity contribution is -0.384. The molecule has 0 atom stereocenters. The third-order valence-corrected chi connectivity index (χ3v) is 8.81. The maximum atomic E-state index is 12.6. The van der Waals surface area contributed by atoms with Gasteiger partial charge in [0.1, 0.15) is 5.00 Å². The number of hydrogen-bond donors (Lipinski definition) is 1. The average Bonchev–Trinajstić information content (AvgIpc) is 3.35. The molecule has 10 nitrogen and oxygen atoms in total. The number of fused-ring (bicyclic) bond motifs is 2. The molecule has 2 amide bonds. The van der Waals surface area contributed by atoms with Crippen LogP contribution in [-0.4, -0.2) is 45.4 Å². The van der Waals surface area contributed by atoms with Crippen molar-refractivity contribution in [1.29, 1.82) is 0 Å². The van der Waals surface area contributed by atoms with Crippen molar-refractivity contribution >= 4 is 73.1 Å². The number of aryl methyl sites for hydroxylation is 2. The third-order valence-electron chi connectivity index (χ3n) is 5.59. The predicted molar refractivity (Wildman–Crippen MR) is 141 cm³/mol. The van der Waals surface area contributed by atoms with Gasteiger partial charge >= 0.3 is 5.97 Å². The number of esters is 1. The molecule has 0 fully saturated rings. The second-order valence-electron chi connectivity index (χ2n) is 8.03. The van der Waals surface area contributed by atoms with Crippen molar-refractivity contribution in [3.8, 4) is 0 Å². The lowest BCUT2D eigenvalue weighted by Crippen LogP contribution is -2.18. The molecule has 0 saturated heterocycles. The van der Waals surface area contributed by atoms with Crippen LogP contribution in [0, 0.1) is 10.1 Å². The molecule has 3 aromatic rings. The molecular weight excluding hydrogens is 524 g/mol. The Hall–Kier alpha value is -3.03. The quantitative estimate of drug-likeness (QED) is 0.255. The van der Waals surface area contributed by atoms with Crippen LogP contribution in [0.3, 0.4) is 0 Å². The second kappa shape index (κ2) is 11.4. The Labute approximate surface area is 218 Å². The summed E-state index contributed by atoms with van der Waals surface area (Å²) in [6.45, 7) is 2.00. The predicted octanol–water partition coefficient (Wildman–Crippen LogP) is 4.06. The van der Waals surface area contributed by atoms with E-state index >= 15 is 0 Å². The van der Waals surface area contributed by atoms with Gasteiger partial charge in [0, 0.05) is 24.1 Å². The van der Waals surface area contributed by atoms with E-state index in [1.165, 1.54) is 34.8 Å². The zero-order valence-corrected chi connectivity index (χ0v) is 22.1. The van der Waals surface area contributed by atoms with Crippen LogP contribution < -0.4 is 10.1 Å². The highest BCUT2D eigenvalue weighted by Gasteiger charge is 2.27. The average molecular weight is 549 g/mol. The number of carbonyl (C=O) groups is 3. The van der Waals surface area contributed by atoms with Gasteiger partial charge in [-0.2, -0.15) is 4.99 Å². The van der Waals surface area contributed by atoms with Crippen molar-refractivity contribution in [2.24, 2.45) is 12.0 Å². The molecule has 13 heteroatoms. The van der Waals surface area contributed by atoms with Gasteiger partial charge in [0.15, 0.2) is 4.80 Å². The number of anilines is 1. The number of non-ortho nitro benzene ring substituents is 1. The molecule has 0 bridgehead atoms. The number of amides is 2. The van der Waals surface area contributed by atoms with Crippen LogP contribution >= 0.6 is 34.4 Å². The van der Waals surface area contributed by atoms with Gasteiger partial charge in [0.2, 0.25) is 5.91 Å². The van der Waals surface area contributed by atoms with E-state index in [1.807, 2.05) is 0 Å². The normalized spacial score (nSPS) is 13.4. The number of nitro benzene ring substituents is 1. The summed E-state index contributed by atoms with van der Waals surface area (Å²) in [5.41, 5.74) is 2.14. The Kier molecular flexibility index (Phi) is 8.21. The van der Waals surface area contributed by atoms with Crippen LogP contribution in [0.1, 0.15) is 40.6 Å². The molecule has 0 saturated carbocycles. The van der Waals surface area contributed by atoms with Crippen LogP contribution in [0.25, 0.3) is 10.2 Å². The largest absolute Gasteiger partial charge is 0.462 e.